The number of amides is 1. The van der Waals surface area contributed by atoms with E-state index in [-0.39, 0.29) is 11.9 Å². The van der Waals surface area contributed by atoms with E-state index < -0.39 is 0 Å². The van der Waals surface area contributed by atoms with Crippen LogP contribution in [-0.4, -0.2) is 19.1 Å². The summed E-state index contributed by atoms with van der Waals surface area (Å²) in [5.41, 5.74) is 3.16. The summed E-state index contributed by atoms with van der Waals surface area (Å²) < 4.78 is 11.2. The fraction of sp³-hybridized carbons (Fsp3) is 0.381. The Balaban J connectivity index is 1.79. The lowest BCUT2D eigenvalue weighted by Crippen LogP contribution is -2.31. The average Bonchev–Trinajstić information content (AvgIpc) is 2.64. The minimum Gasteiger partial charge on any atom is -0.490 e. The van der Waals surface area contributed by atoms with Crippen LogP contribution in [0.5, 0.6) is 11.5 Å². The van der Waals surface area contributed by atoms with Gasteiger partial charge in [0.05, 0.1) is 19.3 Å². The van der Waals surface area contributed by atoms with Gasteiger partial charge in [0.25, 0.3) is 5.91 Å². The van der Waals surface area contributed by atoms with Crippen LogP contribution in [0.25, 0.3) is 0 Å². The first-order chi connectivity index (χ1) is 12.2. The largest absolute Gasteiger partial charge is 0.490 e. The molecule has 2 aromatic rings. The van der Waals surface area contributed by atoms with Gasteiger partial charge >= 0.3 is 0 Å². The van der Waals surface area contributed by atoms with Gasteiger partial charge in [-0.3, -0.25) is 4.79 Å². The number of rotatable bonds is 6. The number of ether oxygens (including phenoxy) is 2. The minimum absolute atomic E-state index is 0.0690. The number of nitrogens with one attached hydrogen (secondary N) is 1. The van der Waals surface area contributed by atoms with Crippen LogP contribution < -0.4 is 14.8 Å². The molecule has 1 aliphatic rings. The Morgan fingerprint density at radius 3 is 2.64 bits per heavy atom. The molecule has 3 rings (SSSR count). The minimum atomic E-state index is -0.0781. The highest BCUT2D eigenvalue weighted by Gasteiger charge is 2.22. The third kappa shape index (κ3) is 3.95. The number of benzene rings is 2. The van der Waals surface area contributed by atoms with Crippen LogP contribution in [0.4, 0.5) is 0 Å². The molecule has 0 fully saturated rings. The summed E-state index contributed by atoms with van der Waals surface area (Å²) in [6.07, 6.45) is 3.15. The van der Waals surface area contributed by atoms with Gasteiger partial charge in [-0.25, -0.2) is 0 Å². The van der Waals surface area contributed by atoms with E-state index in [4.69, 9.17) is 9.47 Å². The first kappa shape index (κ1) is 17.3. The van der Waals surface area contributed by atoms with Crippen molar-refractivity contribution >= 4 is 5.91 Å². The number of hydrogen-bond acceptors (Lipinski definition) is 3. The van der Waals surface area contributed by atoms with Crippen molar-refractivity contribution in [3.05, 3.63) is 59.2 Å². The van der Waals surface area contributed by atoms with E-state index in [9.17, 15) is 4.79 Å². The first-order valence-corrected chi connectivity index (χ1v) is 9.01. The third-order valence-electron chi connectivity index (χ3n) is 4.48. The van der Waals surface area contributed by atoms with Crippen molar-refractivity contribution in [1.29, 1.82) is 0 Å². The first-order valence-electron chi connectivity index (χ1n) is 9.01. The van der Waals surface area contributed by atoms with Crippen molar-refractivity contribution in [2.24, 2.45) is 0 Å². The highest BCUT2D eigenvalue weighted by molar-refractivity contribution is 5.95. The second kappa shape index (κ2) is 8.06. The van der Waals surface area contributed by atoms with Gasteiger partial charge in [0.1, 0.15) is 0 Å². The number of carbonyl (C=O) groups is 1. The van der Waals surface area contributed by atoms with E-state index in [0.717, 1.165) is 19.3 Å². The van der Waals surface area contributed by atoms with Crippen molar-refractivity contribution in [3.63, 3.8) is 0 Å². The van der Waals surface area contributed by atoms with Crippen molar-refractivity contribution in [3.8, 4) is 11.5 Å². The molecule has 1 amide bonds. The van der Waals surface area contributed by atoms with Crippen molar-refractivity contribution in [2.45, 2.75) is 39.2 Å². The fourth-order valence-corrected chi connectivity index (χ4v) is 3.34. The molecule has 132 valence electrons. The van der Waals surface area contributed by atoms with Crippen LogP contribution >= 0.6 is 0 Å². The van der Waals surface area contributed by atoms with Gasteiger partial charge in [-0.15, -0.1) is 0 Å². The van der Waals surface area contributed by atoms with Crippen LogP contribution in [0, 0.1) is 0 Å². The molecule has 1 atom stereocenters. The van der Waals surface area contributed by atoms with Crippen LogP contribution in [0.2, 0.25) is 0 Å². The molecule has 1 N–H and O–H groups in total. The topological polar surface area (TPSA) is 47.6 Å². The normalized spacial score (nSPS) is 16.0. The molecule has 0 aromatic heterocycles. The Kier molecular flexibility index (Phi) is 5.59. The lowest BCUT2D eigenvalue weighted by Gasteiger charge is -2.26. The Labute approximate surface area is 149 Å². The number of carbonyl (C=O) groups excluding carboxylic acids is 1. The molecule has 4 nitrogen and oxygen atoms in total. The average molecular weight is 339 g/mol. The third-order valence-corrected chi connectivity index (χ3v) is 4.48. The van der Waals surface area contributed by atoms with E-state index in [0.29, 0.717) is 30.3 Å². The van der Waals surface area contributed by atoms with Gasteiger partial charge in [0.2, 0.25) is 0 Å². The molecule has 0 spiro atoms. The maximum atomic E-state index is 12.7. The molecule has 25 heavy (non-hydrogen) atoms. The zero-order valence-corrected chi connectivity index (χ0v) is 14.9. The predicted molar refractivity (Wildman–Crippen MR) is 98.4 cm³/mol. The molecule has 1 aliphatic carbocycles. The second-order valence-electron chi connectivity index (χ2n) is 6.14. The highest BCUT2D eigenvalue weighted by atomic mass is 16.5. The van der Waals surface area contributed by atoms with E-state index >= 15 is 0 Å². The predicted octanol–water partition coefficient (Wildman–Crippen LogP) is 4.29. The molecular formula is C21H25NO3. The van der Waals surface area contributed by atoms with Crippen molar-refractivity contribution in [1.82, 2.24) is 5.32 Å². The van der Waals surface area contributed by atoms with Crippen LogP contribution in [0.1, 0.15) is 54.2 Å². The van der Waals surface area contributed by atoms with E-state index in [1.165, 1.54) is 11.1 Å². The molecule has 0 saturated heterocycles. The highest BCUT2D eigenvalue weighted by Crippen LogP contribution is 2.31. The quantitative estimate of drug-likeness (QED) is 0.854. The molecule has 0 saturated carbocycles. The van der Waals surface area contributed by atoms with Gasteiger partial charge in [-0.1, -0.05) is 24.3 Å². The van der Waals surface area contributed by atoms with E-state index in [2.05, 4.69) is 23.5 Å². The molecule has 0 aliphatic heterocycles. The summed E-state index contributed by atoms with van der Waals surface area (Å²) in [5.74, 6) is 1.20. The molecule has 4 heteroatoms. The van der Waals surface area contributed by atoms with E-state index in [1.807, 2.05) is 19.9 Å². The zero-order chi connectivity index (χ0) is 17.6. The zero-order valence-electron chi connectivity index (χ0n) is 14.9. The molecular weight excluding hydrogens is 314 g/mol. The maximum Gasteiger partial charge on any atom is 0.251 e. The Morgan fingerprint density at radius 2 is 1.84 bits per heavy atom. The van der Waals surface area contributed by atoms with E-state index in [1.54, 1.807) is 18.2 Å². The van der Waals surface area contributed by atoms with Crippen molar-refractivity contribution in [2.75, 3.05) is 13.2 Å². The lowest BCUT2D eigenvalue weighted by atomic mass is 9.87. The molecule has 0 bridgehead atoms. The number of aryl methyl sites for hydroxylation is 1. The Hall–Kier alpha value is -2.49. The summed E-state index contributed by atoms with van der Waals surface area (Å²) in [6, 6.07) is 13.8. The summed E-state index contributed by atoms with van der Waals surface area (Å²) in [7, 11) is 0. The van der Waals surface area contributed by atoms with Gasteiger partial charge in [-0.05, 0) is 62.4 Å². The maximum absolute atomic E-state index is 12.7. The molecule has 2 aromatic carbocycles. The molecule has 0 heterocycles. The Bertz CT molecular complexity index is 742. The Morgan fingerprint density at radius 1 is 1.08 bits per heavy atom. The van der Waals surface area contributed by atoms with Crippen LogP contribution in [0.3, 0.4) is 0 Å². The standard InChI is InChI=1S/C21H25NO3/c1-3-24-19-13-12-16(14-20(19)25-4-2)21(23)22-18-11-7-9-15-8-5-6-10-17(15)18/h5-6,8,10,12-14,18H,3-4,7,9,11H2,1-2H3,(H,22,23). The number of hydrogen-bond donors (Lipinski definition) is 1. The smallest absolute Gasteiger partial charge is 0.251 e. The summed E-state index contributed by atoms with van der Waals surface area (Å²) in [6.45, 7) is 4.93. The summed E-state index contributed by atoms with van der Waals surface area (Å²) in [4.78, 5) is 12.7. The van der Waals surface area contributed by atoms with Crippen LogP contribution in [-0.2, 0) is 6.42 Å². The lowest BCUT2D eigenvalue weighted by molar-refractivity contribution is 0.0932. The fourth-order valence-electron chi connectivity index (χ4n) is 3.34. The summed E-state index contributed by atoms with van der Waals surface area (Å²) in [5, 5.41) is 3.18. The summed E-state index contributed by atoms with van der Waals surface area (Å²) >= 11 is 0. The van der Waals surface area contributed by atoms with Gasteiger partial charge in [0.15, 0.2) is 11.5 Å². The van der Waals surface area contributed by atoms with Gasteiger partial charge in [-0.2, -0.15) is 0 Å². The van der Waals surface area contributed by atoms with Crippen LogP contribution in [0.15, 0.2) is 42.5 Å². The van der Waals surface area contributed by atoms with Crippen molar-refractivity contribution < 1.29 is 14.3 Å². The van der Waals surface area contributed by atoms with Gasteiger partial charge in [0, 0.05) is 5.56 Å². The van der Waals surface area contributed by atoms with Gasteiger partial charge < -0.3 is 14.8 Å². The number of fused-ring (bicyclic) bond motifs is 1. The molecule has 1 unspecified atom stereocenters. The second-order valence-corrected chi connectivity index (χ2v) is 6.14. The monoisotopic (exact) mass is 339 g/mol. The molecule has 0 radical (unpaired) electrons. The SMILES string of the molecule is CCOc1ccc(C(=O)NC2CCCc3ccccc32)cc1OCC.